The lowest BCUT2D eigenvalue weighted by Gasteiger charge is -2.08. The molecule has 1 aromatic carbocycles. The van der Waals surface area contributed by atoms with Crippen molar-refractivity contribution in [2.24, 2.45) is 0 Å². The van der Waals surface area contributed by atoms with E-state index in [9.17, 15) is 18.0 Å². The molecule has 0 atom stereocenters. The van der Waals surface area contributed by atoms with Crippen molar-refractivity contribution in [3.63, 3.8) is 0 Å². The minimum atomic E-state index is -1.77. The minimum absolute atomic E-state index is 0.0631. The van der Waals surface area contributed by atoms with Gasteiger partial charge >= 0.3 is 0 Å². The Morgan fingerprint density at radius 2 is 1.90 bits per heavy atom. The van der Waals surface area contributed by atoms with Crippen LogP contribution in [0.15, 0.2) is 21.5 Å². The lowest BCUT2D eigenvalue weighted by Crippen LogP contribution is -2.16. The van der Waals surface area contributed by atoms with Gasteiger partial charge in [0.25, 0.3) is 5.91 Å². The van der Waals surface area contributed by atoms with Crippen LogP contribution in [0.25, 0.3) is 0 Å². The van der Waals surface area contributed by atoms with Gasteiger partial charge in [-0.3, -0.25) is 4.79 Å². The van der Waals surface area contributed by atoms with Gasteiger partial charge in [-0.25, -0.2) is 18.7 Å². The van der Waals surface area contributed by atoms with Crippen LogP contribution in [0, 0.1) is 17.5 Å². The molecule has 1 heterocycles. The molecule has 2 N–H and O–H groups in total. The molecule has 0 radical (unpaired) electrons. The number of nitrogens with zero attached hydrogens (tertiary/aromatic N) is 2. The summed E-state index contributed by atoms with van der Waals surface area (Å²) in [6, 6.07) is 0.333. The molecule has 110 valence electrons. The Morgan fingerprint density at radius 3 is 2.52 bits per heavy atom. The Hall–Kier alpha value is -1.68. The Labute approximate surface area is 132 Å². The average molecular weight is 427 g/mol. The van der Waals surface area contributed by atoms with Gasteiger partial charge < -0.3 is 10.4 Å². The van der Waals surface area contributed by atoms with Gasteiger partial charge in [0.05, 0.1) is 11.8 Å². The first kappa shape index (κ1) is 15.7. The first-order valence-electron chi connectivity index (χ1n) is 5.17. The van der Waals surface area contributed by atoms with Crippen molar-refractivity contribution in [1.82, 2.24) is 9.97 Å². The smallest absolute Gasteiger partial charge is 0.260 e. The number of hydrogen-bond acceptors (Lipinski definition) is 4. The Kier molecular flexibility index (Phi) is 4.47. The van der Waals surface area contributed by atoms with Crippen LogP contribution in [0.2, 0.25) is 0 Å². The molecule has 0 aliphatic carbocycles. The summed E-state index contributed by atoms with van der Waals surface area (Å²) in [6.45, 7) is 0. The molecule has 0 saturated carbocycles. The third-order valence-electron chi connectivity index (χ3n) is 2.31. The second-order valence-electron chi connectivity index (χ2n) is 3.67. The Balaban J connectivity index is 2.37. The summed E-state index contributed by atoms with van der Waals surface area (Å²) in [5, 5.41) is 11.2. The highest BCUT2D eigenvalue weighted by molar-refractivity contribution is 9.11. The zero-order valence-electron chi connectivity index (χ0n) is 9.79. The number of halogens is 5. The highest BCUT2D eigenvalue weighted by atomic mass is 79.9. The maximum absolute atomic E-state index is 13.6. The predicted octanol–water partition coefficient (Wildman–Crippen LogP) is 3.38. The van der Waals surface area contributed by atoms with Gasteiger partial charge in [0, 0.05) is 0 Å². The summed E-state index contributed by atoms with van der Waals surface area (Å²) in [5.74, 6) is -7.66. The fourth-order valence-electron chi connectivity index (χ4n) is 1.36. The number of aromatic nitrogens is 2. The number of anilines is 1. The molecular weight excluding hydrogens is 423 g/mol. The number of aromatic hydroxyl groups is 1. The lowest BCUT2D eigenvalue weighted by molar-refractivity contribution is 0.102. The summed E-state index contributed by atoms with van der Waals surface area (Å²) in [6.07, 6.45) is 1.26. The SMILES string of the molecule is O=C(Nc1ncc(Br)nc1Br)c1cc(F)c(F)c(O)c1F. The van der Waals surface area contributed by atoms with Crippen molar-refractivity contribution in [2.75, 3.05) is 5.32 Å². The number of benzene rings is 1. The van der Waals surface area contributed by atoms with Crippen LogP contribution in [0.3, 0.4) is 0 Å². The molecule has 0 bridgehead atoms. The second-order valence-corrected chi connectivity index (χ2v) is 5.23. The maximum Gasteiger partial charge on any atom is 0.260 e. The fourth-order valence-corrected chi connectivity index (χ4v) is 2.27. The molecule has 0 aliphatic heterocycles. The molecule has 5 nitrogen and oxygen atoms in total. The van der Waals surface area contributed by atoms with Gasteiger partial charge in [-0.05, 0) is 37.9 Å². The molecule has 0 saturated heterocycles. The van der Waals surface area contributed by atoms with Crippen LogP contribution in [-0.4, -0.2) is 21.0 Å². The van der Waals surface area contributed by atoms with Crippen LogP contribution in [0.5, 0.6) is 5.75 Å². The second kappa shape index (κ2) is 5.98. The number of rotatable bonds is 2. The van der Waals surface area contributed by atoms with E-state index in [-0.39, 0.29) is 10.4 Å². The van der Waals surface area contributed by atoms with Crippen molar-refractivity contribution < 1.29 is 23.1 Å². The van der Waals surface area contributed by atoms with Crippen molar-refractivity contribution in [3.05, 3.63) is 44.5 Å². The average Bonchev–Trinajstić information content (AvgIpc) is 2.43. The van der Waals surface area contributed by atoms with Crippen LogP contribution in [-0.2, 0) is 0 Å². The largest absolute Gasteiger partial charge is 0.503 e. The Morgan fingerprint density at radius 1 is 1.24 bits per heavy atom. The van der Waals surface area contributed by atoms with Crippen molar-refractivity contribution in [3.8, 4) is 5.75 Å². The summed E-state index contributed by atoms with van der Waals surface area (Å²) >= 11 is 6.06. The monoisotopic (exact) mass is 425 g/mol. The van der Waals surface area contributed by atoms with E-state index in [1.807, 2.05) is 0 Å². The summed E-state index contributed by atoms with van der Waals surface area (Å²) in [4.78, 5) is 19.5. The van der Waals surface area contributed by atoms with E-state index in [1.54, 1.807) is 0 Å². The fraction of sp³-hybridized carbons (Fsp3) is 0. The zero-order valence-corrected chi connectivity index (χ0v) is 13.0. The van der Waals surface area contributed by atoms with Crippen molar-refractivity contribution in [1.29, 1.82) is 0 Å². The number of amides is 1. The number of carbonyl (C=O) groups is 1. The quantitative estimate of drug-likeness (QED) is 0.722. The van der Waals surface area contributed by atoms with E-state index < -0.39 is 34.7 Å². The Bertz CT molecular complexity index is 743. The summed E-state index contributed by atoms with van der Waals surface area (Å²) < 4.78 is 40.2. The number of carbonyl (C=O) groups excluding carboxylic acids is 1. The van der Waals surface area contributed by atoms with Crippen LogP contribution in [0.1, 0.15) is 10.4 Å². The highest BCUT2D eigenvalue weighted by Crippen LogP contribution is 2.27. The van der Waals surface area contributed by atoms with Gasteiger partial charge in [0.15, 0.2) is 23.2 Å². The number of nitrogens with one attached hydrogen (secondary N) is 1. The molecular formula is C11H4Br2F3N3O2. The van der Waals surface area contributed by atoms with Gasteiger partial charge in [-0.15, -0.1) is 0 Å². The first-order valence-corrected chi connectivity index (χ1v) is 6.75. The number of hydrogen-bond donors (Lipinski definition) is 2. The molecule has 0 unspecified atom stereocenters. The molecule has 2 rings (SSSR count). The summed E-state index contributed by atoms with van der Waals surface area (Å²) in [7, 11) is 0. The highest BCUT2D eigenvalue weighted by Gasteiger charge is 2.23. The van der Waals surface area contributed by atoms with Crippen molar-refractivity contribution >= 4 is 43.6 Å². The topological polar surface area (TPSA) is 75.1 Å². The van der Waals surface area contributed by atoms with E-state index in [1.165, 1.54) is 6.20 Å². The molecule has 0 spiro atoms. The standard InChI is InChI=1S/C11H4Br2F3N3O2/c12-5-2-17-10(9(13)18-5)19-11(21)3-1-4(14)7(16)8(20)6(3)15/h1-2,20H,(H,17,19,21). The number of phenols is 1. The molecule has 0 fully saturated rings. The van der Waals surface area contributed by atoms with Crippen LogP contribution in [0.4, 0.5) is 19.0 Å². The van der Waals surface area contributed by atoms with Crippen LogP contribution >= 0.6 is 31.9 Å². The zero-order chi connectivity index (χ0) is 15.7. The van der Waals surface area contributed by atoms with E-state index in [0.717, 1.165) is 0 Å². The molecule has 0 aliphatic rings. The number of phenolic OH excluding ortho intramolecular Hbond substituents is 1. The predicted molar refractivity (Wildman–Crippen MR) is 73.4 cm³/mol. The molecule has 1 aromatic heterocycles. The van der Waals surface area contributed by atoms with E-state index >= 15 is 0 Å². The third-order valence-corrected chi connectivity index (χ3v) is 3.25. The van der Waals surface area contributed by atoms with Crippen molar-refractivity contribution in [2.45, 2.75) is 0 Å². The van der Waals surface area contributed by atoms with Gasteiger partial charge in [-0.2, -0.15) is 4.39 Å². The maximum atomic E-state index is 13.6. The summed E-state index contributed by atoms with van der Waals surface area (Å²) in [5.41, 5.74) is -0.872. The first-order chi connectivity index (χ1) is 9.81. The van der Waals surface area contributed by atoms with Crippen LogP contribution < -0.4 is 5.32 Å². The molecule has 1 amide bonds. The van der Waals surface area contributed by atoms with Gasteiger partial charge in [0.1, 0.15) is 9.21 Å². The normalized spacial score (nSPS) is 10.5. The lowest BCUT2D eigenvalue weighted by atomic mass is 10.1. The van der Waals surface area contributed by atoms with Gasteiger partial charge in [-0.1, -0.05) is 0 Å². The van der Waals surface area contributed by atoms with E-state index in [4.69, 9.17) is 5.11 Å². The minimum Gasteiger partial charge on any atom is -0.503 e. The molecule has 21 heavy (non-hydrogen) atoms. The molecule has 10 heteroatoms. The molecule has 2 aromatic rings. The third kappa shape index (κ3) is 3.16. The van der Waals surface area contributed by atoms with E-state index in [2.05, 4.69) is 47.1 Å². The van der Waals surface area contributed by atoms with Gasteiger partial charge in [0.2, 0.25) is 5.82 Å². The van der Waals surface area contributed by atoms with E-state index in [0.29, 0.717) is 10.7 Å².